The molecule has 20 heavy (non-hydrogen) atoms. The smallest absolute Gasteiger partial charge is 0.143 e. The van der Waals surface area contributed by atoms with E-state index in [2.05, 4.69) is 12.2 Å². The van der Waals surface area contributed by atoms with Crippen molar-refractivity contribution >= 4 is 11.4 Å². The predicted octanol–water partition coefficient (Wildman–Crippen LogP) is 3.46. The number of ether oxygens (including phenoxy) is 1. The standard InChI is InChI=1S/C16H19FN2O/c1-11(9-12-3-5-13(17)6-4-12)19-14-7-8-15(18)16(10-14)20-2/h3-8,10-11,19H,9,18H2,1-2H3. The Labute approximate surface area is 118 Å². The summed E-state index contributed by atoms with van der Waals surface area (Å²) in [6.45, 7) is 2.08. The maximum Gasteiger partial charge on any atom is 0.143 e. The number of benzene rings is 2. The van der Waals surface area contributed by atoms with Crippen LogP contribution >= 0.6 is 0 Å². The van der Waals surface area contributed by atoms with Gasteiger partial charge in [0.25, 0.3) is 0 Å². The molecular formula is C16H19FN2O. The molecule has 0 heterocycles. The van der Waals surface area contributed by atoms with Crippen LogP contribution < -0.4 is 15.8 Å². The van der Waals surface area contributed by atoms with Crippen molar-refractivity contribution in [1.29, 1.82) is 0 Å². The lowest BCUT2D eigenvalue weighted by atomic mass is 10.1. The number of halogens is 1. The lowest BCUT2D eigenvalue weighted by molar-refractivity contribution is 0.417. The van der Waals surface area contributed by atoms with Crippen LogP contribution in [0.1, 0.15) is 12.5 Å². The number of nitrogen functional groups attached to an aromatic ring is 1. The quantitative estimate of drug-likeness (QED) is 0.821. The van der Waals surface area contributed by atoms with Gasteiger partial charge in [0.2, 0.25) is 0 Å². The highest BCUT2D eigenvalue weighted by atomic mass is 19.1. The van der Waals surface area contributed by atoms with Crippen LogP contribution in [0.2, 0.25) is 0 Å². The van der Waals surface area contributed by atoms with E-state index in [0.717, 1.165) is 17.7 Å². The summed E-state index contributed by atoms with van der Waals surface area (Å²) in [6.07, 6.45) is 0.812. The number of hydrogen-bond acceptors (Lipinski definition) is 3. The average Bonchev–Trinajstić information content (AvgIpc) is 2.43. The number of nitrogens with two attached hydrogens (primary N) is 1. The molecule has 0 aromatic heterocycles. The Morgan fingerprint density at radius 3 is 2.55 bits per heavy atom. The van der Waals surface area contributed by atoms with Gasteiger partial charge in [0.05, 0.1) is 12.8 Å². The van der Waals surface area contributed by atoms with Crippen molar-refractivity contribution in [2.45, 2.75) is 19.4 Å². The van der Waals surface area contributed by atoms with Gasteiger partial charge in [-0.25, -0.2) is 4.39 Å². The number of anilines is 2. The molecule has 0 spiro atoms. The van der Waals surface area contributed by atoms with Gasteiger partial charge in [-0.05, 0) is 43.2 Å². The topological polar surface area (TPSA) is 47.3 Å². The second-order valence-corrected chi connectivity index (χ2v) is 4.83. The molecule has 0 aliphatic rings. The molecule has 4 heteroatoms. The molecule has 0 fully saturated rings. The Morgan fingerprint density at radius 2 is 1.90 bits per heavy atom. The number of rotatable bonds is 5. The van der Waals surface area contributed by atoms with Gasteiger partial charge >= 0.3 is 0 Å². The fraction of sp³-hybridized carbons (Fsp3) is 0.250. The summed E-state index contributed by atoms with van der Waals surface area (Å²) < 4.78 is 18.0. The summed E-state index contributed by atoms with van der Waals surface area (Å²) in [7, 11) is 1.59. The van der Waals surface area contributed by atoms with Gasteiger partial charge in [-0.3, -0.25) is 0 Å². The molecule has 2 aromatic carbocycles. The van der Waals surface area contributed by atoms with Crippen LogP contribution in [0.4, 0.5) is 15.8 Å². The number of nitrogens with one attached hydrogen (secondary N) is 1. The van der Waals surface area contributed by atoms with Crippen LogP contribution in [0.3, 0.4) is 0 Å². The van der Waals surface area contributed by atoms with Gasteiger partial charge in [0.1, 0.15) is 11.6 Å². The Balaban J connectivity index is 2.00. The molecule has 2 aromatic rings. The SMILES string of the molecule is COc1cc(NC(C)Cc2ccc(F)cc2)ccc1N. The van der Waals surface area contributed by atoms with Crippen LogP contribution in [-0.4, -0.2) is 13.2 Å². The zero-order chi connectivity index (χ0) is 14.5. The molecule has 2 rings (SSSR count). The first kappa shape index (κ1) is 14.2. The fourth-order valence-corrected chi connectivity index (χ4v) is 2.11. The van der Waals surface area contributed by atoms with Crippen molar-refractivity contribution in [3.05, 3.63) is 53.8 Å². The fourth-order valence-electron chi connectivity index (χ4n) is 2.11. The predicted molar refractivity (Wildman–Crippen MR) is 80.6 cm³/mol. The van der Waals surface area contributed by atoms with Gasteiger partial charge in [0.15, 0.2) is 0 Å². The lowest BCUT2D eigenvalue weighted by Gasteiger charge is -2.16. The molecule has 0 bridgehead atoms. The highest BCUT2D eigenvalue weighted by Gasteiger charge is 2.06. The first-order valence-corrected chi connectivity index (χ1v) is 6.53. The van der Waals surface area contributed by atoms with Crippen LogP contribution in [0.25, 0.3) is 0 Å². The molecule has 3 N–H and O–H groups in total. The average molecular weight is 274 g/mol. The monoisotopic (exact) mass is 274 g/mol. The van der Waals surface area contributed by atoms with E-state index in [9.17, 15) is 4.39 Å². The minimum Gasteiger partial charge on any atom is -0.495 e. The molecule has 106 valence electrons. The zero-order valence-corrected chi connectivity index (χ0v) is 11.7. The summed E-state index contributed by atoms with van der Waals surface area (Å²) in [6, 6.07) is 12.4. The third-order valence-electron chi connectivity index (χ3n) is 3.10. The largest absolute Gasteiger partial charge is 0.495 e. The summed E-state index contributed by atoms with van der Waals surface area (Å²) in [5.74, 6) is 0.446. The van der Waals surface area contributed by atoms with Crippen molar-refractivity contribution < 1.29 is 9.13 Å². The van der Waals surface area contributed by atoms with Gasteiger partial charge in [-0.15, -0.1) is 0 Å². The first-order valence-electron chi connectivity index (χ1n) is 6.53. The van der Waals surface area contributed by atoms with E-state index in [1.54, 1.807) is 19.2 Å². The van der Waals surface area contributed by atoms with Crippen molar-refractivity contribution in [1.82, 2.24) is 0 Å². The minimum absolute atomic E-state index is 0.211. The summed E-state index contributed by atoms with van der Waals surface area (Å²) in [5, 5.41) is 3.38. The minimum atomic E-state index is -0.211. The van der Waals surface area contributed by atoms with E-state index in [-0.39, 0.29) is 11.9 Å². The Bertz CT molecular complexity index is 569. The third kappa shape index (κ3) is 3.63. The molecule has 0 amide bonds. The van der Waals surface area contributed by atoms with Crippen LogP contribution in [0, 0.1) is 5.82 Å². The van der Waals surface area contributed by atoms with Crippen molar-refractivity contribution in [3.8, 4) is 5.75 Å². The maximum atomic E-state index is 12.9. The van der Waals surface area contributed by atoms with Crippen LogP contribution in [0.5, 0.6) is 5.75 Å². The highest BCUT2D eigenvalue weighted by molar-refractivity contribution is 5.61. The van der Waals surface area contributed by atoms with E-state index in [1.807, 2.05) is 18.2 Å². The van der Waals surface area contributed by atoms with Gasteiger partial charge in [0, 0.05) is 17.8 Å². The van der Waals surface area contributed by atoms with E-state index >= 15 is 0 Å². The normalized spacial score (nSPS) is 11.9. The summed E-state index contributed by atoms with van der Waals surface area (Å²) in [5.41, 5.74) is 8.44. The van der Waals surface area contributed by atoms with Crippen LogP contribution in [0.15, 0.2) is 42.5 Å². The molecular weight excluding hydrogens is 255 g/mol. The van der Waals surface area contributed by atoms with Crippen LogP contribution in [-0.2, 0) is 6.42 Å². The van der Waals surface area contributed by atoms with Gasteiger partial charge in [-0.2, -0.15) is 0 Å². The lowest BCUT2D eigenvalue weighted by Crippen LogP contribution is -2.18. The molecule has 0 aliphatic carbocycles. The van der Waals surface area contributed by atoms with E-state index in [1.165, 1.54) is 12.1 Å². The van der Waals surface area contributed by atoms with Gasteiger partial charge < -0.3 is 15.8 Å². The van der Waals surface area contributed by atoms with Gasteiger partial charge in [-0.1, -0.05) is 12.1 Å². The van der Waals surface area contributed by atoms with Crippen molar-refractivity contribution in [3.63, 3.8) is 0 Å². The van der Waals surface area contributed by atoms with E-state index in [0.29, 0.717) is 11.4 Å². The summed E-state index contributed by atoms with van der Waals surface area (Å²) >= 11 is 0. The zero-order valence-electron chi connectivity index (χ0n) is 11.7. The molecule has 1 atom stereocenters. The highest BCUT2D eigenvalue weighted by Crippen LogP contribution is 2.25. The molecule has 0 radical (unpaired) electrons. The second-order valence-electron chi connectivity index (χ2n) is 4.83. The summed E-state index contributed by atoms with van der Waals surface area (Å²) in [4.78, 5) is 0. The third-order valence-corrected chi connectivity index (χ3v) is 3.10. The Hall–Kier alpha value is -2.23. The first-order chi connectivity index (χ1) is 9.58. The van der Waals surface area contributed by atoms with E-state index in [4.69, 9.17) is 10.5 Å². The van der Waals surface area contributed by atoms with E-state index < -0.39 is 0 Å². The number of methoxy groups -OCH3 is 1. The number of hydrogen-bond donors (Lipinski definition) is 2. The second kappa shape index (κ2) is 6.28. The molecule has 0 aliphatic heterocycles. The van der Waals surface area contributed by atoms with Crippen molar-refractivity contribution in [2.75, 3.05) is 18.2 Å². The van der Waals surface area contributed by atoms with Crippen molar-refractivity contribution in [2.24, 2.45) is 0 Å². The maximum absolute atomic E-state index is 12.9. The molecule has 0 saturated heterocycles. The molecule has 1 unspecified atom stereocenters. The molecule has 0 saturated carbocycles. The Morgan fingerprint density at radius 1 is 1.20 bits per heavy atom. The molecule has 3 nitrogen and oxygen atoms in total. The Kier molecular flexibility index (Phi) is 4.45.